The number of amides is 1. The molecule has 32 heavy (non-hydrogen) atoms. The van der Waals surface area contributed by atoms with Crippen molar-refractivity contribution in [2.75, 3.05) is 11.5 Å². The fourth-order valence-corrected chi connectivity index (χ4v) is 3.87. The molecule has 1 aliphatic heterocycles. The number of hydrogen-bond acceptors (Lipinski definition) is 6. The third-order valence-electron chi connectivity index (χ3n) is 5.00. The van der Waals surface area contributed by atoms with Crippen LogP contribution in [0, 0.1) is 6.92 Å². The minimum atomic E-state index is -0.985. The molecular weight excluding hydrogens is 455 g/mol. The van der Waals surface area contributed by atoms with Crippen LogP contribution < -0.4 is 9.64 Å². The maximum atomic E-state index is 13.1. The predicted molar refractivity (Wildman–Crippen MR) is 120 cm³/mol. The lowest BCUT2D eigenvalue weighted by molar-refractivity contribution is -0.132. The van der Waals surface area contributed by atoms with E-state index < -0.39 is 17.7 Å². The molecule has 164 valence electrons. The number of anilines is 1. The fraction of sp³-hybridized carbons (Fsp3) is 0.174. The number of nitrogens with zero attached hydrogens (tertiary/aromatic N) is 2. The van der Waals surface area contributed by atoms with E-state index in [1.807, 2.05) is 6.92 Å². The molecule has 4 rings (SSSR count). The Morgan fingerprint density at radius 3 is 2.44 bits per heavy atom. The molecule has 7 nitrogen and oxygen atoms in total. The molecule has 1 aromatic heterocycles. The van der Waals surface area contributed by atoms with Crippen molar-refractivity contribution in [3.8, 4) is 5.75 Å². The number of aromatic nitrogens is 1. The second-order valence-electron chi connectivity index (χ2n) is 7.10. The molecule has 0 radical (unpaired) electrons. The molecule has 0 aliphatic carbocycles. The first-order valence-corrected chi connectivity index (χ1v) is 10.5. The van der Waals surface area contributed by atoms with Crippen LogP contribution >= 0.6 is 23.2 Å². The van der Waals surface area contributed by atoms with Gasteiger partial charge in [-0.05, 0) is 55.8 Å². The van der Waals surface area contributed by atoms with Crippen molar-refractivity contribution in [2.45, 2.75) is 19.9 Å². The lowest BCUT2D eigenvalue weighted by Gasteiger charge is -2.23. The summed E-state index contributed by atoms with van der Waals surface area (Å²) in [6, 6.07) is 11.9. The van der Waals surface area contributed by atoms with Crippen LogP contribution in [0.3, 0.4) is 0 Å². The largest absolute Gasteiger partial charge is 0.507 e. The Hall–Kier alpha value is -3.29. The number of hydrogen-bond donors (Lipinski definition) is 1. The fourth-order valence-electron chi connectivity index (χ4n) is 3.56. The summed E-state index contributed by atoms with van der Waals surface area (Å²) in [6.45, 7) is 4.02. The highest BCUT2D eigenvalue weighted by atomic mass is 35.5. The summed E-state index contributed by atoms with van der Waals surface area (Å²) in [4.78, 5) is 27.2. The zero-order valence-corrected chi connectivity index (χ0v) is 18.6. The summed E-state index contributed by atoms with van der Waals surface area (Å²) < 4.78 is 10.5. The molecule has 1 aliphatic rings. The van der Waals surface area contributed by atoms with E-state index in [-0.39, 0.29) is 22.2 Å². The second-order valence-corrected chi connectivity index (χ2v) is 7.91. The van der Waals surface area contributed by atoms with Crippen LogP contribution in [0.5, 0.6) is 5.75 Å². The molecule has 1 atom stereocenters. The van der Waals surface area contributed by atoms with Crippen LogP contribution in [-0.4, -0.2) is 28.6 Å². The molecule has 0 saturated carbocycles. The number of aryl methyl sites for hydroxylation is 1. The van der Waals surface area contributed by atoms with Crippen LogP contribution in [0.4, 0.5) is 5.82 Å². The first kappa shape index (κ1) is 21.9. The van der Waals surface area contributed by atoms with Crippen LogP contribution in [0.15, 0.2) is 58.6 Å². The van der Waals surface area contributed by atoms with Gasteiger partial charge in [0, 0.05) is 11.6 Å². The highest BCUT2D eigenvalue weighted by molar-refractivity contribution is 6.51. The Kier molecular flexibility index (Phi) is 5.95. The molecule has 2 aromatic carbocycles. The van der Waals surface area contributed by atoms with Crippen molar-refractivity contribution in [3.05, 3.63) is 81.0 Å². The van der Waals surface area contributed by atoms with E-state index in [1.165, 1.54) is 11.0 Å². The van der Waals surface area contributed by atoms with Crippen molar-refractivity contribution in [1.29, 1.82) is 0 Å². The van der Waals surface area contributed by atoms with E-state index in [2.05, 4.69) is 5.16 Å². The van der Waals surface area contributed by atoms with Gasteiger partial charge in [0.05, 0.1) is 28.3 Å². The SMILES string of the molecule is CCOc1ccc(/C(O)=C2\C(=O)C(=O)N(c3cc(C)on3)[C@H]2c2ccc(Cl)c(Cl)c2)cc1. The van der Waals surface area contributed by atoms with Gasteiger partial charge in [0.2, 0.25) is 0 Å². The summed E-state index contributed by atoms with van der Waals surface area (Å²) in [6.07, 6.45) is 0. The number of benzene rings is 2. The summed E-state index contributed by atoms with van der Waals surface area (Å²) in [5.41, 5.74) is 0.734. The number of Topliss-reactive ketones (excluding diaryl/α,β-unsaturated/α-hetero) is 1. The molecular formula is C23H18Cl2N2O5. The Morgan fingerprint density at radius 1 is 1.12 bits per heavy atom. The predicted octanol–water partition coefficient (Wildman–Crippen LogP) is 5.31. The molecule has 0 bridgehead atoms. The Bertz CT molecular complexity index is 1230. The third-order valence-corrected chi connectivity index (χ3v) is 5.74. The minimum absolute atomic E-state index is 0.0989. The third kappa shape index (κ3) is 3.85. The first-order valence-electron chi connectivity index (χ1n) is 9.74. The van der Waals surface area contributed by atoms with Crippen LogP contribution in [0.1, 0.15) is 29.9 Å². The Morgan fingerprint density at radius 2 is 1.84 bits per heavy atom. The van der Waals surface area contributed by atoms with Crippen molar-refractivity contribution in [1.82, 2.24) is 5.16 Å². The van der Waals surface area contributed by atoms with E-state index in [4.69, 9.17) is 32.5 Å². The van der Waals surface area contributed by atoms with E-state index in [9.17, 15) is 14.7 Å². The molecule has 0 spiro atoms. The summed E-state index contributed by atoms with van der Waals surface area (Å²) in [5, 5.41) is 15.5. The van der Waals surface area contributed by atoms with Gasteiger partial charge in [0.1, 0.15) is 17.3 Å². The maximum absolute atomic E-state index is 13.1. The zero-order valence-electron chi connectivity index (χ0n) is 17.1. The van der Waals surface area contributed by atoms with Crippen molar-refractivity contribution < 1.29 is 24.0 Å². The lowest BCUT2D eigenvalue weighted by atomic mass is 9.95. The van der Waals surface area contributed by atoms with Crippen LogP contribution in [-0.2, 0) is 9.59 Å². The average molecular weight is 473 g/mol. The van der Waals surface area contributed by atoms with Crippen LogP contribution in [0.25, 0.3) is 5.76 Å². The van der Waals surface area contributed by atoms with Crippen molar-refractivity contribution in [2.24, 2.45) is 0 Å². The number of rotatable bonds is 5. The van der Waals surface area contributed by atoms with Crippen molar-refractivity contribution >= 4 is 46.5 Å². The molecule has 9 heteroatoms. The summed E-state index contributed by atoms with van der Waals surface area (Å²) in [7, 11) is 0. The smallest absolute Gasteiger partial charge is 0.301 e. The summed E-state index contributed by atoms with van der Waals surface area (Å²) >= 11 is 12.3. The van der Waals surface area contributed by atoms with Gasteiger partial charge >= 0.3 is 5.91 Å². The van der Waals surface area contributed by atoms with Gasteiger partial charge in [-0.1, -0.05) is 34.4 Å². The van der Waals surface area contributed by atoms with E-state index in [0.717, 1.165) is 0 Å². The Labute approximate surface area is 193 Å². The number of aliphatic hydroxyl groups is 1. The second kappa shape index (κ2) is 8.68. The molecule has 1 saturated heterocycles. The molecule has 1 N–H and O–H groups in total. The molecule has 1 fully saturated rings. The maximum Gasteiger partial charge on any atom is 0.301 e. The standard InChI is InChI=1S/C23H18Cl2N2O5/c1-3-31-15-7-4-13(5-8-15)21(28)19-20(14-6-9-16(24)17(25)11-14)27(23(30)22(19)29)18-10-12(2)32-26-18/h4-11,20,28H,3H2,1-2H3/b21-19+/t20-/m0/s1. The number of ether oxygens (including phenoxy) is 1. The molecule has 3 aromatic rings. The van der Waals surface area contributed by atoms with Gasteiger partial charge < -0.3 is 14.4 Å². The Balaban J connectivity index is 1.90. The summed E-state index contributed by atoms with van der Waals surface area (Å²) in [5.74, 6) is -0.809. The zero-order chi connectivity index (χ0) is 23.0. The van der Waals surface area contributed by atoms with Gasteiger partial charge in [-0.2, -0.15) is 0 Å². The number of halogens is 2. The minimum Gasteiger partial charge on any atom is -0.507 e. The monoisotopic (exact) mass is 472 g/mol. The average Bonchev–Trinajstić information content (AvgIpc) is 3.31. The van der Waals surface area contributed by atoms with E-state index in [0.29, 0.717) is 34.3 Å². The van der Waals surface area contributed by atoms with E-state index in [1.54, 1.807) is 49.4 Å². The number of aliphatic hydroxyl groups excluding tert-OH is 1. The number of ketones is 1. The highest BCUT2D eigenvalue weighted by Gasteiger charge is 2.48. The topological polar surface area (TPSA) is 92.9 Å². The highest BCUT2D eigenvalue weighted by Crippen LogP contribution is 2.43. The van der Waals surface area contributed by atoms with Gasteiger partial charge in [-0.25, -0.2) is 0 Å². The van der Waals surface area contributed by atoms with Gasteiger partial charge in [0.25, 0.3) is 5.78 Å². The van der Waals surface area contributed by atoms with Crippen LogP contribution in [0.2, 0.25) is 10.0 Å². The quantitative estimate of drug-likeness (QED) is 0.307. The normalized spacial score (nSPS) is 17.8. The molecule has 0 unspecified atom stereocenters. The van der Waals surface area contributed by atoms with Crippen molar-refractivity contribution in [3.63, 3.8) is 0 Å². The molecule has 2 heterocycles. The van der Waals surface area contributed by atoms with E-state index >= 15 is 0 Å². The first-order chi connectivity index (χ1) is 15.3. The number of carbonyl (C=O) groups excluding carboxylic acids is 2. The molecule has 1 amide bonds. The van der Waals surface area contributed by atoms with Gasteiger partial charge in [0.15, 0.2) is 5.82 Å². The number of carbonyl (C=O) groups is 2. The van der Waals surface area contributed by atoms with Gasteiger partial charge in [-0.15, -0.1) is 0 Å². The lowest BCUT2D eigenvalue weighted by Crippen LogP contribution is -2.29. The van der Waals surface area contributed by atoms with Gasteiger partial charge in [-0.3, -0.25) is 14.5 Å².